The molecule has 0 aliphatic carbocycles. The summed E-state index contributed by atoms with van der Waals surface area (Å²) in [5, 5.41) is 2.52. The molecule has 1 heterocycles. The highest BCUT2D eigenvalue weighted by Gasteiger charge is 2.24. The molecule has 5 nitrogen and oxygen atoms in total. The van der Waals surface area contributed by atoms with Gasteiger partial charge < -0.3 is 10.2 Å². The molecule has 0 atom stereocenters. The summed E-state index contributed by atoms with van der Waals surface area (Å²) in [5.74, 6) is -1.57. The van der Waals surface area contributed by atoms with Gasteiger partial charge in [0.05, 0.1) is 17.0 Å². The maximum atomic E-state index is 13.7. The van der Waals surface area contributed by atoms with Gasteiger partial charge in [0.1, 0.15) is 5.82 Å². The fraction of sp³-hybridized carbons (Fsp3) is 0.211. The maximum absolute atomic E-state index is 13.7. The van der Waals surface area contributed by atoms with Gasteiger partial charge in [-0.25, -0.2) is 4.39 Å². The summed E-state index contributed by atoms with van der Waals surface area (Å²) < 4.78 is 13.7. The standard InChI is InChI=1S/C19H16ClFN2O3/c1-23-15-6-5-11(9-12(15)10-17(23)25)16(24)7-8-22-19(26)18-13(20)3-2-4-14(18)21/h2-6,9H,7-8,10H2,1H3,(H,22,26). The number of nitrogens with one attached hydrogen (secondary N) is 1. The van der Waals surface area contributed by atoms with Crippen LogP contribution in [-0.4, -0.2) is 31.2 Å². The molecule has 0 saturated heterocycles. The Bertz CT molecular complexity index is 893. The Hall–Kier alpha value is -2.73. The number of nitrogens with zero attached hydrogens (tertiary/aromatic N) is 1. The van der Waals surface area contributed by atoms with E-state index >= 15 is 0 Å². The Labute approximate surface area is 154 Å². The van der Waals surface area contributed by atoms with E-state index in [1.807, 2.05) is 0 Å². The summed E-state index contributed by atoms with van der Waals surface area (Å²) in [6, 6.07) is 9.09. The lowest BCUT2D eigenvalue weighted by Gasteiger charge is -2.10. The summed E-state index contributed by atoms with van der Waals surface area (Å²) in [7, 11) is 1.69. The van der Waals surface area contributed by atoms with Crippen molar-refractivity contribution in [2.75, 3.05) is 18.5 Å². The summed E-state index contributed by atoms with van der Waals surface area (Å²) in [5.41, 5.74) is 1.85. The SMILES string of the molecule is CN1C(=O)Cc2cc(C(=O)CCNC(=O)c3c(F)cccc3Cl)ccc21. The van der Waals surface area contributed by atoms with E-state index in [0.717, 1.165) is 17.3 Å². The van der Waals surface area contributed by atoms with E-state index in [4.69, 9.17) is 11.6 Å². The van der Waals surface area contributed by atoms with Crippen LogP contribution in [-0.2, 0) is 11.2 Å². The van der Waals surface area contributed by atoms with E-state index in [9.17, 15) is 18.8 Å². The van der Waals surface area contributed by atoms with Gasteiger partial charge in [0.15, 0.2) is 5.78 Å². The van der Waals surface area contributed by atoms with E-state index in [1.165, 1.54) is 12.1 Å². The Kier molecular flexibility index (Phi) is 5.04. The second-order valence-corrected chi connectivity index (χ2v) is 6.41. The number of likely N-dealkylation sites (N-methyl/N-ethyl adjacent to an activating group) is 1. The lowest BCUT2D eigenvalue weighted by molar-refractivity contribution is -0.117. The molecule has 1 N–H and O–H groups in total. The zero-order chi connectivity index (χ0) is 18.8. The quantitative estimate of drug-likeness (QED) is 0.818. The Morgan fingerprint density at radius 2 is 2.04 bits per heavy atom. The number of hydrogen-bond donors (Lipinski definition) is 1. The van der Waals surface area contributed by atoms with Gasteiger partial charge in [-0.1, -0.05) is 17.7 Å². The van der Waals surface area contributed by atoms with E-state index in [1.54, 1.807) is 30.1 Å². The highest BCUT2D eigenvalue weighted by atomic mass is 35.5. The number of fused-ring (bicyclic) bond motifs is 1. The number of amides is 2. The highest BCUT2D eigenvalue weighted by molar-refractivity contribution is 6.33. The number of ketones is 1. The fourth-order valence-electron chi connectivity index (χ4n) is 2.88. The van der Waals surface area contributed by atoms with Crippen molar-refractivity contribution in [3.05, 3.63) is 63.9 Å². The number of rotatable bonds is 5. The molecule has 0 unspecified atom stereocenters. The zero-order valence-electron chi connectivity index (χ0n) is 14.0. The van der Waals surface area contributed by atoms with Gasteiger partial charge in [-0.3, -0.25) is 14.4 Å². The summed E-state index contributed by atoms with van der Waals surface area (Å²) >= 11 is 5.84. The van der Waals surface area contributed by atoms with Crippen molar-refractivity contribution in [3.8, 4) is 0 Å². The van der Waals surface area contributed by atoms with Crippen LogP contribution in [0.5, 0.6) is 0 Å². The lowest BCUT2D eigenvalue weighted by Crippen LogP contribution is -2.27. The molecule has 0 aromatic heterocycles. The fourth-order valence-corrected chi connectivity index (χ4v) is 3.13. The first-order valence-electron chi connectivity index (χ1n) is 8.03. The first-order chi connectivity index (χ1) is 12.4. The predicted molar refractivity (Wildman–Crippen MR) is 96.2 cm³/mol. The van der Waals surface area contributed by atoms with Crippen molar-refractivity contribution in [3.63, 3.8) is 0 Å². The molecule has 0 saturated carbocycles. The molecule has 0 bridgehead atoms. The maximum Gasteiger partial charge on any atom is 0.255 e. The molecule has 3 rings (SSSR count). The number of hydrogen-bond acceptors (Lipinski definition) is 3. The Balaban J connectivity index is 1.61. The molecule has 0 spiro atoms. The van der Waals surface area contributed by atoms with Gasteiger partial charge in [0, 0.05) is 31.3 Å². The van der Waals surface area contributed by atoms with Gasteiger partial charge in [0.25, 0.3) is 5.91 Å². The Morgan fingerprint density at radius 3 is 2.77 bits per heavy atom. The van der Waals surface area contributed by atoms with Crippen molar-refractivity contribution < 1.29 is 18.8 Å². The minimum absolute atomic E-state index is 0.0150. The molecule has 2 aromatic carbocycles. The van der Waals surface area contributed by atoms with Crippen LogP contribution in [0.4, 0.5) is 10.1 Å². The average Bonchev–Trinajstić information content (AvgIpc) is 2.88. The molecule has 2 amide bonds. The predicted octanol–water partition coefficient (Wildman–Crippen LogP) is 3.00. The lowest BCUT2D eigenvalue weighted by atomic mass is 10.0. The van der Waals surface area contributed by atoms with Crippen LogP contribution in [0.1, 0.15) is 32.7 Å². The first kappa shape index (κ1) is 18.1. The van der Waals surface area contributed by atoms with Crippen LogP contribution in [0.3, 0.4) is 0 Å². The number of halogens is 2. The zero-order valence-corrected chi connectivity index (χ0v) is 14.8. The minimum Gasteiger partial charge on any atom is -0.351 e. The van der Waals surface area contributed by atoms with Gasteiger partial charge in [-0.15, -0.1) is 0 Å². The second-order valence-electron chi connectivity index (χ2n) is 6.00. The van der Waals surface area contributed by atoms with Crippen molar-refractivity contribution in [1.29, 1.82) is 0 Å². The van der Waals surface area contributed by atoms with Crippen LogP contribution in [0.25, 0.3) is 0 Å². The van der Waals surface area contributed by atoms with Crippen molar-refractivity contribution in [2.45, 2.75) is 12.8 Å². The largest absolute Gasteiger partial charge is 0.351 e. The summed E-state index contributed by atoms with van der Waals surface area (Å²) in [6.45, 7) is 0.0538. The number of Topliss-reactive ketones (excluding diaryl/α,β-unsaturated/α-hetero) is 1. The van der Waals surface area contributed by atoms with E-state index in [2.05, 4.69) is 5.32 Å². The molecule has 0 fully saturated rings. The Morgan fingerprint density at radius 1 is 1.27 bits per heavy atom. The van der Waals surface area contributed by atoms with Crippen molar-refractivity contribution in [2.24, 2.45) is 0 Å². The van der Waals surface area contributed by atoms with Gasteiger partial charge >= 0.3 is 0 Å². The monoisotopic (exact) mass is 374 g/mol. The third-order valence-corrected chi connectivity index (χ3v) is 4.62. The highest BCUT2D eigenvalue weighted by Crippen LogP contribution is 2.28. The molecule has 7 heteroatoms. The topological polar surface area (TPSA) is 66.5 Å². The van der Waals surface area contributed by atoms with Crippen LogP contribution in [0.15, 0.2) is 36.4 Å². The summed E-state index contributed by atoms with van der Waals surface area (Å²) in [4.78, 5) is 37.6. The van der Waals surface area contributed by atoms with Gasteiger partial charge in [-0.05, 0) is 35.9 Å². The van der Waals surface area contributed by atoms with E-state index in [-0.39, 0.29) is 41.7 Å². The van der Waals surface area contributed by atoms with Crippen molar-refractivity contribution in [1.82, 2.24) is 5.32 Å². The third-order valence-electron chi connectivity index (χ3n) is 4.31. The molecular weight excluding hydrogens is 359 g/mol. The van der Waals surface area contributed by atoms with Crippen LogP contribution < -0.4 is 10.2 Å². The van der Waals surface area contributed by atoms with Crippen LogP contribution >= 0.6 is 11.6 Å². The third kappa shape index (κ3) is 3.46. The second kappa shape index (κ2) is 7.25. The van der Waals surface area contributed by atoms with E-state index < -0.39 is 11.7 Å². The molecule has 26 heavy (non-hydrogen) atoms. The number of carbonyl (C=O) groups excluding carboxylic acids is 3. The molecule has 1 aliphatic rings. The normalized spacial score (nSPS) is 12.9. The van der Waals surface area contributed by atoms with Crippen LogP contribution in [0, 0.1) is 5.82 Å². The summed E-state index contributed by atoms with van der Waals surface area (Å²) in [6.07, 6.45) is 0.329. The van der Waals surface area contributed by atoms with Gasteiger partial charge in [0.2, 0.25) is 5.91 Å². The molecule has 0 radical (unpaired) electrons. The average molecular weight is 375 g/mol. The van der Waals surface area contributed by atoms with Gasteiger partial charge in [-0.2, -0.15) is 0 Å². The smallest absolute Gasteiger partial charge is 0.255 e. The first-order valence-corrected chi connectivity index (χ1v) is 8.41. The number of carbonyl (C=O) groups is 3. The van der Waals surface area contributed by atoms with Crippen LogP contribution in [0.2, 0.25) is 5.02 Å². The van der Waals surface area contributed by atoms with E-state index in [0.29, 0.717) is 5.56 Å². The molecule has 2 aromatic rings. The molecule has 134 valence electrons. The van der Waals surface area contributed by atoms with Crippen molar-refractivity contribution >= 4 is 34.9 Å². The number of anilines is 1. The molecule has 1 aliphatic heterocycles. The minimum atomic E-state index is -0.714. The molecular formula is C19H16ClFN2O3. The number of benzene rings is 2.